The standard InChI is InChI=1S/C23H34N4O2/c1-18-9-8-10-20(19(18)2)26-15-13-25(14-16-26)17-27-21(28)23(24-22(27)29)11-6-4-3-5-7-12-23/h8-10H,3-7,11-17H2,1-2H3,(H,24,29). The zero-order valence-electron chi connectivity index (χ0n) is 17.9. The first-order chi connectivity index (χ1) is 14.0. The van der Waals surface area contributed by atoms with Crippen LogP contribution in [-0.4, -0.2) is 60.1 Å². The number of imide groups is 1. The van der Waals surface area contributed by atoms with Gasteiger partial charge in [0.25, 0.3) is 5.91 Å². The molecule has 0 bridgehead atoms. The number of piperazine rings is 1. The van der Waals surface area contributed by atoms with Crippen LogP contribution in [0.4, 0.5) is 10.5 Å². The van der Waals surface area contributed by atoms with E-state index in [0.717, 1.165) is 64.7 Å². The first kappa shape index (κ1) is 20.2. The zero-order valence-corrected chi connectivity index (χ0v) is 17.9. The Morgan fingerprint density at radius 2 is 1.59 bits per heavy atom. The van der Waals surface area contributed by atoms with E-state index in [1.807, 2.05) is 0 Å². The van der Waals surface area contributed by atoms with Gasteiger partial charge in [-0.2, -0.15) is 0 Å². The van der Waals surface area contributed by atoms with Crippen molar-refractivity contribution in [2.75, 3.05) is 37.7 Å². The summed E-state index contributed by atoms with van der Waals surface area (Å²) in [5.41, 5.74) is 3.31. The van der Waals surface area contributed by atoms with Crippen molar-refractivity contribution in [2.45, 2.75) is 64.3 Å². The fraction of sp³-hybridized carbons (Fsp3) is 0.652. The summed E-state index contributed by atoms with van der Waals surface area (Å²) in [6.07, 6.45) is 7.18. The molecular formula is C23H34N4O2. The van der Waals surface area contributed by atoms with Crippen LogP contribution in [0.2, 0.25) is 0 Å². The van der Waals surface area contributed by atoms with Crippen molar-refractivity contribution in [3.8, 4) is 0 Å². The van der Waals surface area contributed by atoms with Gasteiger partial charge in [-0.05, 0) is 43.9 Å². The van der Waals surface area contributed by atoms with Gasteiger partial charge in [0.05, 0.1) is 6.67 Å². The first-order valence-electron chi connectivity index (χ1n) is 11.2. The molecule has 1 aliphatic carbocycles. The normalized spacial score (nSPS) is 23.2. The molecule has 6 heteroatoms. The smallest absolute Gasteiger partial charge is 0.326 e. The third kappa shape index (κ3) is 4.00. The lowest BCUT2D eigenvalue weighted by Gasteiger charge is -2.38. The predicted octanol–water partition coefficient (Wildman–Crippen LogP) is 3.42. The maximum Gasteiger partial charge on any atom is 0.326 e. The highest BCUT2D eigenvalue weighted by Crippen LogP contribution is 2.32. The molecule has 1 spiro atoms. The topological polar surface area (TPSA) is 55.9 Å². The number of aryl methyl sites for hydroxylation is 1. The summed E-state index contributed by atoms with van der Waals surface area (Å²) in [6.45, 7) is 8.29. The number of anilines is 1. The molecule has 2 heterocycles. The second-order valence-corrected chi connectivity index (χ2v) is 8.98. The zero-order chi connectivity index (χ0) is 20.4. The van der Waals surface area contributed by atoms with Gasteiger partial charge in [-0.15, -0.1) is 0 Å². The lowest BCUT2D eigenvalue weighted by Crippen LogP contribution is -2.52. The highest BCUT2D eigenvalue weighted by molar-refractivity contribution is 6.07. The third-order valence-electron chi connectivity index (χ3n) is 7.08. The largest absolute Gasteiger partial charge is 0.369 e. The van der Waals surface area contributed by atoms with E-state index in [2.05, 4.69) is 47.2 Å². The molecule has 6 nitrogen and oxygen atoms in total. The Morgan fingerprint density at radius 1 is 0.931 bits per heavy atom. The van der Waals surface area contributed by atoms with Gasteiger partial charge in [0.2, 0.25) is 0 Å². The number of hydrogen-bond donors (Lipinski definition) is 1. The number of nitrogens with one attached hydrogen (secondary N) is 1. The highest BCUT2D eigenvalue weighted by atomic mass is 16.2. The molecule has 1 N–H and O–H groups in total. The van der Waals surface area contributed by atoms with Crippen LogP contribution in [-0.2, 0) is 4.79 Å². The third-order valence-corrected chi connectivity index (χ3v) is 7.08. The number of hydrogen-bond acceptors (Lipinski definition) is 4. The van der Waals surface area contributed by atoms with Crippen LogP contribution < -0.4 is 10.2 Å². The maximum atomic E-state index is 13.2. The van der Waals surface area contributed by atoms with Crippen molar-refractivity contribution in [3.05, 3.63) is 29.3 Å². The van der Waals surface area contributed by atoms with Crippen LogP contribution in [0, 0.1) is 13.8 Å². The molecule has 3 fully saturated rings. The predicted molar refractivity (Wildman–Crippen MR) is 115 cm³/mol. The summed E-state index contributed by atoms with van der Waals surface area (Å²) in [5, 5.41) is 3.08. The van der Waals surface area contributed by atoms with Gasteiger partial charge in [-0.3, -0.25) is 9.69 Å². The van der Waals surface area contributed by atoms with Crippen LogP contribution >= 0.6 is 0 Å². The number of amides is 3. The Kier molecular flexibility index (Phi) is 5.81. The Labute approximate surface area is 174 Å². The fourth-order valence-corrected chi connectivity index (χ4v) is 5.06. The van der Waals surface area contributed by atoms with Crippen molar-refractivity contribution in [2.24, 2.45) is 0 Å². The molecule has 1 aromatic carbocycles. The SMILES string of the molecule is Cc1cccc(N2CCN(CN3C(=O)NC4(CCCCCCC4)C3=O)CC2)c1C. The Bertz CT molecular complexity index is 762. The first-order valence-corrected chi connectivity index (χ1v) is 11.2. The molecule has 4 rings (SSSR count). The lowest BCUT2D eigenvalue weighted by atomic mass is 9.84. The second kappa shape index (κ2) is 8.34. The molecular weight excluding hydrogens is 364 g/mol. The summed E-state index contributed by atoms with van der Waals surface area (Å²) in [7, 11) is 0. The maximum absolute atomic E-state index is 13.2. The molecule has 3 aliphatic rings. The molecule has 0 unspecified atom stereocenters. The molecule has 2 aliphatic heterocycles. The number of carbonyl (C=O) groups is 2. The molecule has 0 aromatic heterocycles. The monoisotopic (exact) mass is 398 g/mol. The quantitative estimate of drug-likeness (QED) is 0.793. The van der Waals surface area contributed by atoms with Crippen LogP contribution in [0.15, 0.2) is 18.2 Å². The van der Waals surface area contributed by atoms with Gasteiger partial charge in [-0.1, -0.05) is 44.2 Å². The van der Waals surface area contributed by atoms with Gasteiger partial charge in [0, 0.05) is 31.9 Å². The number of urea groups is 1. The molecule has 1 aromatic rings. The van der Waals surface area contributed by atoms with Gasteiger partial charge in [-0.25, -0.2) is 9.69 Å². The second-order valence-electron chi connectivity index (χ2n) is 8.98. The van der Waals surface area contributed by atoms with Gasteiger partial charge in [0.1, 0.15) is 5.54 Å². The highest BCUT2D eigenvalue weighted by Gasteiger charge is 2.50. The van der Waals surface area contributed by atoms with E-state index in [4.69, 9.17) is 0 Å². The van der Waals surface area contributed by atoms with E-state index in [1.165, 1.54) is 28.1 Å². The minimum atomic E-state index is -0.641. The summed E-state index contributed by atoms with van der Waals surface area (Å²) in [5.74, 6) is 0.00126. The number of nitrogens with zero attached hydrogens (tertiary/aromatic N) is 3. The van der Waals surface area contributed by atoms with Crippen LogP contribution in [0.5, 0.6) is 0 Å². The van der Waals surface area contributed by atoms with E-state index >= 15 is 0 Å². The van der Waals surface area contributed by atoms with Crippen molar-refractivity contribution in [3.63, 3.8) is 0 Å². The van der Waals surface area contributed by atoms with E-state index in [9.17, 15) is 9.59 Å². The minimum absolute atomic E-state index is 0.00126. The van der Waals surface area contributed by atoms with Crippen molar-refractivity contribution in [1.82, 2.24) is 15.1 Å². The van der Waals surface area contributed by atoms with Crippen molar-refractivity contribution < 1.29 is 9.59 Å². The van der Waals surface area contributed by atoms with E-state index in [1.54, 1.807) is 0 Å². The Morgan fingerprint density at radius 3 is 2.28 bits per heavy atom. The fourth-order valence-electron chi connectivity index (χ4n) is 5.06. The number of carbonyl (C=O) groups excluding carboxylic acids is 2. The molecule has 2 saturated heterocycles. The van der Waals surface area contributed by atoms with E-state index in [0.29, 0.717) is 6.67 Å². The number of benzene rings is 1. The molecule has 0 atom stereocenters. The summed E-state index contributed by atoms with van der Waals surface area (Å²) >= 11 is 0. The van der Waals surface area contributed by atoms with Crippen LogP contribution in [0.1, 0.15) is 56.1 Å². The Balaban J connectivity index is 1.37. The summed E-state index contributed by atoms with van der Waals surface area (Å²) in [6, 6.07) is 6.25. The average Bonchev–Trinajstić information content (AvgIpc) is 2.93. The average molecular weight is 399 g/mol. The molecule has 0 radical (unpaired) electrons. The molecule has 29 heavy (non-hydrogen) atoms. The molecule has 158 valence electrons. The van der Waals surface area contributed by atoms with E-state index < -0.39 is 5.54 Å². The number of rotatable bonds is 3. The van der Waals surface area contributed by atoms with Gasteiger partial charge < -0.3 is 10.2 Å². The molecule has 1 saturated carbocycles. The summed E-state index contributed by atoms with van der Waals surface area (Å²) < 4.78 is 0. The van der Waals surface area contributed by atoms with Crippen LogP contribution in [0.25, 0.3) is 0 Å². The molecule has 3 amide bonds. The van der Waals surface area contributed by atoms with Gasteiger partial charge >= 0.3 is 6.03 Å². The lowest BCUT2D eigenvalue weighted by molar-refractivity contribution is -0.133. The summed E-state index contributed by atoms with van der Waals surface area (Å²) in [4.78, 5) is 32.0. The Hall–Kier alpha value is -2.08. The van der Waals surface area contributed by atoms with Crippen molar-refractivity contribution in [1.29, 1.82) is 0 Å². The van der Waals surface area contributed by atoms with Gasteiger partial charge in [0.15, 0.2) is 0 Å². The minimum Gasteiger partial charge on any atom is -0.369 e. The van der Waals surface area contributed by atoms with E-state index in [-0.39, 0.29) is 11.9 Å². The van der Waals surface area contributed by atoms with Crippen molar-refractivity contribution >= 4 is 17.6 Å². The van der Waals surface area contributed by atoms with Crippen LogP contribution in [0.3, 0.4) is 0 Å².